The van der Waals surface area contributed by atoms with E-state index in [1.165, 1.54) is 0 Å². The van der Waals surface area contributed by atoms with Crippen LogP contribution in [-0.4, -0.2) is 25.8 Å². The largest absolute Gasteiger partial charge is 0.497 e. The molecule has 0 saturated heterocycles. The van der Waals surface area contributed by atoms with Crippen LogP contribution in [0.15, 0.2) is 82.4 Å². The first-order chi connectivity index (χ1) is 14.7. The lowest BCUT2D eigenvalue weighted by molar-refractivity contribution is -0.123. The van der Waals surface area contributed by atoms with Gasteiger partial charge in [-0.15, -0.1) is 0 Å². The topological polar surface area (TPSA) is 59.9 Å². The highest BCUT2D eigenvalue weighted by molar-refractivity contribution is 9.10. The number of halogens is 1. The lowest BCUT2D eigenvalue weighted by Crippen LogP contribution is -2.24. The number of rotatable bonds is 6. The normalized spacial score (nSPS) is 11.1. The number of carbonyl (C=O) groups excluding carboxylic acids is 1. The van der Waals surface area contributed by atoms with Gasteiger partial charge >= 0.3 is 0 Å². The van der Waals surface area contributed by atoms with Gasteiger partial charge in [-0.25, -0.2) is 5.43 Å². The van der Waals surface area contributed by atoms with Crippen LogP contribution in [0.4, 0.5) is 0 Å². The van der Waals surface area contributed by atoms with Gasteiger partial charge in [-0.3, -0.25) is 4.79 Å². The Balaban J connectivity index is 1.49. The molecule has 0 aliphatic carbocycles. The molecule has 0 saturated carbocycles. The Hall–Kier alpha value is -3.38. The van der Waals surface area contributed by atoms with Crippen molar-refractivity contribution in [3.8, 4) is 11.5 Å². The summed E-state index contributed by atoms with van der Waals surface area (Å²) in [5.41, 5.74) is 3.50. The van der Waals surface area contributed by atoms with Gasteiger partial charge in [0.05, 0.1) is 17.8 Å². The molecular weight excluding hydrogens is 444 g/mol. The number of hydrogen-bond acceptors (Lipinski definition) is 4. The van der Waals surface area contributed by atoms with E-state index in [9.17, 15) is 4.79 Å². The molecule has 0 aliphatic heterocycles. The molecule has 0 aliphatic rings. The fraction of sp³-hybridized carbons (Fsp3) is 0.0833. The molecule has 0 atom stereocenters. The van der Waals surface area contributed by atoms with E-state index in [1.54, 1.807) is 31.5 Å². The van der Waals surface area contributed by atoms with Crippen molar-refractivity contribution < 1.29 is 14.3 Å². The van der Waals surface area contributed by atoms with Crippen molar-refractivity contribution in [2.24, 2.45) is 5.10 Å². The predicted octanol–water partition coefficient (Wildman–Crippen LogP) is 5.29. The quantitative estimate of drug-likeness (QED) is 0.240. The van der Waals surface area contributed by atoms with Crippen molar-refractivity contribution in [1.29, 1.82) is 0 Å². The first kappa shape index (κ1) is 19.9. The maximum atomic E-state index is 12.2. The van der Waals surface area contributed by atoms with Crippen molar-refractivity contribution in [2.75, 3.05) is 13.7 Å². The molecule has 0 aromatic heterocycles. The van der Waals surface area contributed by atoms with Gasteiger partial charge in [-0.2, -0.15) is 5.10 Å². The van der Waals surface area contributed by atoms with Crippen molar-refractivity contribution in [3.63, 3.8) is 0 Å². The Morgan fingerprint density at radius 2 is 1.67 bits per heavy atom. The van der Waals surface area contributed by atoms with Crippen LogP contribution in [0.2, 0.25) is 0 Å². The fourth-order valence-corrected chi connectivity index (χ4v) is 3.73. The van der Waals surface area contributed by atoms with Gasteiger partial charge in [0.2, 0.25) is 0 Å². The van der Waals surface area contributed by atoms with Crippen LogP contribution in [-0.2, 0) is 4.79 Å². The molecule has 1 amide bonds. The summed E-state index contributed by atoms with van der Waals surface area (Å²) in [6, 6.07) is 23.7. The Morgan fingerprint density at radius 1 is 1.00 bits per heavy atom. The average Bonchev–Trinajstić information content (AvgIpc) is 2.77. The highest BCUT2D eigenvalue weighted by Crippen LogP contribution is 2.29. The van der Waals surface area contributed by atoms with Crippen molar-refractivity contribution in [1.82, 2.24) is 5.43 Å². The predicted molar refractivity (Wildman–Crippen MR) is 123 cm³/mol. The molecule has 4 aromatic rings. The summed E-state index contributed by atoms with van der Waals surface area (Å²) in [7, 11) is 1.59. The van der Waals surface area contributed by atoms with Gasteiger partial charge < -0.3 is 9.47 Å². The molecule has 0 spiro atoms. The van der Waals surface area contributed by atoms with Crippen LogP contribution in [0.1, 0.15) is 5.56 Å². The van der Waals surface area contributed by atoms with Crippen LogP contribution in [0.3, 0.4) is 0 Å². The van der Waals surface area contributed by atoms with Crippen molar-refractivity contribution in [3.05, 3.63) is 82.8 Å². The van der Waals surface area contributed by atoms with E-state index in [0.717, 1.165) is 27.1 Å². The van der Waals surface area contributed by atoms with Crippen LogP contribution in [0.5, 0.6) is 11.5 Å². The van der Waals surface area contributed by atoms with E-state index >= 15 is 0 Å². The van der Waals surface area contributed by atoms with E-state index in [2.05, 4.69) is 56.8 Å². The summed E-state index contributed by atoms with van der Waals surface area (Å²) in [5, 5.41) is 8.56. The number of nitrogens with one attached hydrogen (secondary N) is 1. The maximum Gasteiger partial charge on any atom is 0.277 e. The van der Waals surface area contributed by atoms with E-state index in [0.29, 0.717) is 16.0 Å². The summed E-state index contributed by atoms with van der Waals surface area (Å²) in [5.74, 6) is 0.902. The Bertz CT molecular complexity index is 1200. The monoisotopic (exact) mass is 462 g/mol. The van der Waals surface area contributed by atoms with E-state index in [-0.39, 0.29) is 12.5 Å². The standard InChI is InChI=1S/C24H19BrN2O3/c1-29-18-10-11-23(22(25)13-18)30-15-24(28)27-26-14-21-19-8-4-2-6-16(19)12-17-7-3-5-9-20(17)21/h2-14H,15H2,1H3,(H,27,28). The van der Waals surface area contributed by atoms with Crippen LogP contribution >= 0.6 is 15.9 Å². The van der Waals surface area contributed by atoms with Gasteiger partial charge in [-0.1, -0.05) is 48.5 Å². The Kier molecular flexibility index (Phi) is 5.95. The molecule has 0 unspecified atom stereocenters. The number of fused-ring (bicyclic) bond motifs is 2. The Morgan fingerprint density at radius 3 is 2.30 bits per heavy atom. The summed E-state index contributed by atoms with van der Waals surface area (Å²) < 4.78 is 11.4. The minimum absolute atomic E-state index is 0.154. The van der Waals surface area contributed by atoms with Crippen LogP contribution in [0.25, 0.3) is 21.5 Å². The fourth-order valence-electron chi connectivity index (χ4n) is 3.26. The number of benzene rings is 4. The van der Waals surface area contributed by atoms with Gasteiger partial charge in [0.15, 0.2) is 6.61 Å². The van der Waals surface area contributed by atoms with Crippen molar-refractivity contribution >= 4 is 49.6 Å². The van der Waals surface area contributed by atoms with Crippen LogP contribution < -0.4 is 14.9 Å². The first-order valence-corrected chi connectivity index (χ1v) is 10.1. The zero-order valence-corrected chi connectivity index (χ0v) is 17.8. The molecule has 1 N–H and O–H groups in total. The van der Waals surface area contributed by atoms with E-state index < -0.39 is 0 Å². The number of methoxy groups -OCH3 is 1. The second kappa shape index (κ2) is 8.97. The zero-order chi connectivity index (χ0) is 20.9. The molecule has 150 valence electrons. The van der Waals surface area contributed by atoms with Gasteiger partial charge in [0, 0.05) is 5.56 Å². The van der Waals surface area contributed by atoms with Crippen LogP contribution in [0, 0.1) is 0 Å². The Labute approximate surface area is 182 Å². The first-order valence-electron chi connectivity index (χ1n) is 9.34. The van der Waals surface area contributed by atoms with Crippen molar-refractivity contribution in [2.45, 2.75) is 0 Å². The summed E-state index contributed by atoms with van der Waals surface area (Å²) >= 11 is 3.40. The third-order valence-electron chi connectivity index (χ3n) is 4.69. The van der Waals surface area contributed by atoms with Gasteiger partial charge in [-0.05, 0) is 61.7 Å². The molecule has 5 nitrogen and oxygen atoms in total. The second-order valence-electron chi connectivity index (χ2n) is 6.61. The van der Waals surface area contributed by atoms with Gasteiger partial charge in [0.25, 0.3) is 5.91 Å². The summed E-state index contributed by atoms with van der Waals surface area (Å²) in [6.07, 6.45) is 1.69. The molecule has 0 bridgehead atoms. The smallest absolute Gasteiger partial charge is 0.277 e. The number of carbonyl (C=O) groups is 1. The number of ether oxygens (including phenoxy) is 2. The molecule has 30 heavy (non-hydrogen) atoms. The number of hydrogen-bond donors (Lipinski definition) is 1. The second-order valence-corrected chi connectivity index (χ2v) is 7.47. The average molecular weight is 463 g/mol. The molecular formula is C24H19BrN2O3. The third-order valence-corrected chi connectivity index (χ3v) is 5.31. The summed E-state index contributed by atoms with van der Waals surface area (Å²) in [6.45, 7) is -0.154. The minimum Gasteiger partial charge on any atom is -0.497 e. The van der Waals surface area contributed by atoms with E-state index in [4.69, 9.17) is 9.47 Å². The molecule has 0 fully saturated rings. The number of nitrogens with zero attached hydrogens (tertiary/aromatic N) is 1. The lowest BCUT2D eigenvalue weighted by atomic mass is 9.97. The highest BCUT2D eigenvalue weighted by Gasteiger charge is 2.08. The molecule has 4 rings (SSSR count). The molecule has 6 heteroatoms. The lowest BCUT2D eigenvalue weighted by Gasteiger charge is -2.09. The van der Waals surface area contributed by atoms with E-state index in [1.807, 2.05) is 24.3 Å². The number of hydrazone groups is 1. The molecule has 0 radical (unpaired) electrons. The van der Waals surface area contributed by atoms with Gasteiger partial charge in [0.1, 0.15) is 11.5 Å². The SMILES string of the molecule is COc1ccc(OCC(=O)NN=Cc2c3ccccc3cc3ccccc23)c(Br)c1. The highest BCUT2D eigenvalue weighted by atomic mass is 79.9. The number of amides is 1. The summed E-state index contributed by atoms with van der Waals surface area (Å²) in [4.78, 5) is 12.2. The zero-order valence-electron chi connectivity index (χ0n) is 16.3. The molecule has 0 heterocycles. The maximum absolute atomic E-state index is 12.2. The third kappa shape index (κ3) is 4.28. The minimum atomic E-state index is -0.349. The molecule has 4 aromatic carbocycles.